The lowest BCUT2D eigenvalue weighted by molar-refractivity contribution is 0.0936. The largest absolute Gasteiger partial charge is 0.348 e. The molecule has 0 aromatic carbocycles. The highest BCUT2D eigenvalue weighted by Gasteiger charge is 2.20. The van der Waals surface area contributed by atoms with Gasteiger partial charge in [0, 0.05) is 15.3 Å². The second-order valence-electron chi connectivity index (χ2n) is 5.24. The highest BCUT2D eigenvalue weighted by atomic mass is 127. The molecule has 0 spiro atoms. The third-order valence-corrected chi connectivity index (χ3v) is 5.69. The number of amides is 1. The molecule has 1 aromatic rings. The van der Waals surface area contributed by atoms with Gasteiger partial charge in [-0.05, 0) is 43.2 Å². The van der Waals surface area contributed by atoms with Crippen LogP contribution in [0.25, 0.3) is 0 Å². The van der Waals surface area contributed by atoms with Gasteiger partial charge in [-0.2, -0.15) is 0 Å². The lowest BCUT2D eigenvalue weighted by Gasteiger charge is -2.19. The molecule has 18 heavy (non-hydrogen) atoms. The maximum atomic E-state index is 12.2. The molecule has 0 aliphatic heterocycles. The van der Waals surface area contributed by atoms with Gasteiger partial charge in [0.1, 0.15) is 0 Å². The second kappa shape index (κ2) is 6.37. The molecule has 1 N–H and O–H groups in total. The Labute approximate surface area is 127 Å². The molecule has 1 amide bonds. The van der Waals surface area contributed by atoms with Crippen molar-refractivity contribution in [2.24, 2.45) is 5.92 Å². The maximum absolute atomic E-state index is 12.2. The van der Waals surface area contributed by atoms with Crippen molar-refractivity contribution in [3.8, 4) is 0 Å². The van der Waals surface area contributed by atoms with Crippen LogP contribution in [0.4, 0.5) is 0 Å². The summed E-state index contributed by atoms with van der Waals surface area (Å²) in [6.07, 6.45) is 4.86. The first-order valence-corrected chi connectivity index (χ1v) is 8.94. The summed E-state index contributed by atoms with van der Waals surface area (Å²) >= 11 is 4.04. The maximum Gasteiger partial charge on any atom is 0.261 e. The number of aryl methyl sites for hydroxylation is 2. The van der Waals surface area contributed by atoms with Crippen LogP contribution in [0, 0.1) is 5.92 Å². The van der Waals surface area contributed by atoms with E-state index in [9.17, 15) is 4.79 Å². The van der Waals surface area contributed by atoms with Gasteiger partial charge in [0.15, 0.2) is 0 Å². The summed E-state index contributed by atoms with van der Waals surface area (Å²) in [5, 5.41) is 3.16. The van der Waals surface area contributed by atoms with Crippen LogP contribution >= 0.6 is 33.9 Å². The van der Waals surface area contributed by atoms with E-state index >= 15 is 0 Å². The van der Waals surface area contributed by atoms with Crippen LogP contribution in [0.15, 0.2) is 6.07 Å². The zero-order valence-electron chi connectivity index (χ0n) is 11.0. The monoisotopic (exact) mass is 377 g/mol. The predicted octanol–water partition coefficient (Wildman–Crippen LogP) is 3.82. The molecule has 0 saturated carbocycles. The molecule has 1 aromatic heterocycles. The molecule has 1 aliphatic rings. The summed E-state index contributed by atoms with van der Waals surface area (Å²) in [6.45, 7) is 4.31. The van der Waals surface area contributed by atoms with Crippen LogP contribution in [-0.4, -0.2) is 16.4 Å². The van der Waals surface area contributed by atoms with Crippen molar-refractivity contribution in [1.82, 2.24) is 5.32 Å². The zero-order chi connectivity index (χ0) is 13.1. The van der Waals surface area contributed by atoms with E-state index in [0.717, 1.165) is 22.1 Å². The number of rotatable bonds is 4. The van der Waals surface area contributed by atoms with E-state index in [4.69, 9.17) is 0 Å². The van der Waals surface area contributed by atoms with Gasteiger partial charge < -0.3 is 5.32 Å². The number of hydrogen-bond donors (Lipinski definition) is 1. The molecule has 100 valence electrons. The Bertz CT molecular complexity index is 404. The fourth-order valence-electron chi connectivity index (χ4n) is 2.23. The first-order valence-electron chi connectivity index (χ1n) is 6.60. The third kappa shape index (κ3) is 3.26. The molecule has 1 unspecified atom stereocenters. The van der Waals surface area contributed by atoms with E-state index < -0.39 is 0 Å². The fraction of sp³-hybridized carbons (Fsp3) is 0.643. The first-order chi connectivity index (χ1) is 8.61. The summed E-state index contributed by atoms with van der Waals surface area (Å²) in [5.74, 6) is 0.602. The lowest BCUT2D eigenvalue weighted by Crippen LogP contribution is -2.39. The minimum atomic E-state index is 0.116. The van der Waals surface area contributed by atoms with Crippen LogP contribution in [0.1, 0.15) is 46.8 Å². The average Bonchev–Trinajstić information content (AvgIpc) is 2.79. The van der Waals surface area contributed by atoms with Crippen molar-refractivity contribution in [1.29, 1.82) is 0 Å². The highest BCUT2D eigenvalue weighted by molar-refractivity contribution is 14.1. The Morgan fingerprint density at radius 3 is 2.78 bits per heavy atom. The Kier molecular flexibility index (Phi) is 5.06. The number of hydrogen-bond acceptors (Lipinski definition) is 2. The zero-order valence-corrected chi connectivity index (χ0v) is 13.9. The van der Waals surface area contributed by atoms with E-state index in [-0.39, 0.29) is 11.9 Å². The number of thiophene rings is 1. The summed E-state index contributed by atoms with van der Waals surface area (Å²) in [4.78, 5) is 14.6. The van der Waals surface area contributed by atoms with E-state index in [1.165, 1.54) is 23.3 Å². The molecule has 2 nitrogen and oxygen atoms in total. The topological polar surface area (TPSA) is 29.1 Å². The molecule has 1 aliphatic carbocycles. The molecule has 0 saturated heterocycles. The van der Waals surface area contributed by atoms with Crippen molar-refractivity contribution < 1.29 is 4.79 Å². The number of alkyl halides is 1. The van der Waals surface area contributed by atoms with Gasteiger partial charge in [0.05, 0.1) is 4.88 Å². The normalized spacial score (nSPS) is 16.4. The average molecular weight is 377 g/mol. The lowest BCUT2D eigenvalue weighted by atomic mass is 9.99. The summed E-state index contributed by atoms with van der Waals surface area (Å²) in [7, 11) is 0. The minimum Gasteiger partial charge on any atom is -0.348 e. The van der Waals surface area contributed by atoms with E-state index in [1.807, 2.05) is 0 Å². The van der Waals surface area contributed by atoms with Crippen LogP contribution in [0.5, 0.6) is 0 Å². The van der Waals surface area contributed by atoms with Crippen LogP contribution < -0.4 is 5.32 Å². The molecule has 0 fully saturated rings. The van der Waals surface area contributed by atoms with Gasteiger partial charge in [-0.1, -0.05) is 36.4 Å². The summed E-state index contributed by atoms with van der Waals surface area (Å²) < 4.78 is 0.965. The second-order valence-corrected chi connectivity index (χ2v) is 7.26. The van der Waals surface area contributed by atoms with Gasteiger partial charge in [0.2, 0.25) is 0 Å². The highest BCUT2D eigenvalue weighted by Crippen LogP contribution is 2.29. The molecule has 2 rings (SSSR count). The number of halogens is 1. The van der Waals surface area contributed by atoms with Crippen LogP contribution in [-0.2, 0) is 12.8 Å². The molecule has 0 radical (unpaired) electrons. The fourth-order valence-corrected chi connectivity index (χ4v) is 4.62. The number of carbonyl (C=O) groups excluding carboxylic acids is 1. The van der Waals surface area contributed by atoms with Crippen molar-refractivity contribution in [3.05, 3.63) is 21.4 Å². The van der Waals surface area contributed by atoms with Gasteiger partial charge in [0.25, 0.3) is 5.91 Å². The molecule has 4 heteroatoms. The van der Waals surface area contributed by atoms with Gasteiger partial charge in [-0.15, -0.1) is 11.3 Å². The molecular formula is C14H20INOS. The van der Waals surface area contributed by atoms with Crippen molar-refractivity contribution in [2.75, 3.05) is 4.43 Å². The Morgan fingerprint density at radius 1 is 1.44 bits per heavy atom. The molecule has 0 bridgehead atoms. The standard InChI is InChI=1S/C14H20INOS/c1-9(2)11(8-15)16-14(17)13-7-10-5-3-4-6-12(10)18-13/h7,9,11H,3-6,8H2,1-2H3,(H,16,17). The summed E-state index contributed by atoms with van der Waals surface area (Å²) in [5.41, 5.74) is 1.41. The Morgan fingerprint density at radius 2 is 2.17 bits per heavy atom. The van der Waals surface area contributed by atoms with Crippen molar-refractivity contribution in [2.45, 2.75) is 45.6 Å². The first kappa shape index (κ1) is 14.3. The SMILES string of the molecule is CC(C)C(CI)NC(=O)c1cc2c(s1)CCCC2. The van der Waals surface area contributed by atoms with Gasteiger partial charge >= 0.3 is 0 Å². The van der Waals surface area contributed by atoms with Crippen LogP contribution in [0.3, 0.4) is 0 Å². The van der Waals surface area contributed by atoms with Gasteiger partial charge in [-0.3, -0.25) is 4.79 Å². The number of fused-ring (bicyclic) bond motifs is 1. The third-order valence-electron chi connectivity index (χ3n) is 3.51. The quantitative estimate of drug-likeness (QED) is 0.628. The van der Waals surface area contributed by atoms with Crippen molar-refractivity contribution in [3.63, 3.8) is 0 Å². The molecular weight excluding hydrogens is 357 g/mol. The van der Waals surface area contributed by atoms with E-state index in [2.05, 4.69) is 47.8 Å². The summed E-state index contributed by atoms with van der Waals surface area (Å²) in [6, 6.07) is 2.39. The molecule has 1 atom stereocenters. The number of carbonyl (C=O) groups is 1. The van der Waals surface area contributed by atoms with E-state index in [0.29, 0.717) is 5.92 Å². The Balaban J connectivity index is 2.06. The predicted molar refractivity (Wildman–Crippen MR) is 85.9 cm³/mol. The minimum absolute atomic E-state index is 0.116. The molecule has 1 heterocycles. The van der Waals surface area contributed by atoms with E-state index in [1.54, 1.807) is 11.3 Å². The smallest absolute Gasteiger partial charge is 0.261 e. The van der Waals surface area contributed by atoms with Crippen molar-refractivity contribution >= 4 is 39.8 Å². The van der Waals surface area contributed by atoms with Crippen LogP contribution in [0.2, 0.25) is 0 Å². The van der Waals surface area contributed by atoms with Gasteiger partial charge in [-0.25, -0.2) is 0 Å². The number of nitrogens with one attached hydrogen (secondary N) is 1. The Hall–Kier alpha value is -0.100.